The number of aromatic nitrogens is 5. The number of imidazole rings is 1. The van der Waals surface area contributed by atoms with E-state index >= 15 is 0 Å². The van der Waals surface area contributed by atoms with Gasteiger partial charge in [0.25, 0.3) is 5.56 Å². The Kier molecular flexibility index (Phi) is 4.35. The molecule has 0 bridgehead atoms. The molecule has 0 amide bonds. The number of H-pyrrole nitrogens is 1. The fraction of sp³-hybridized carbons (Fsp3) is 0.455. The van der Waals surface area contributed by atoms with Crippen molar-refractivity contribution in [3.8, 4) is 11.4 Å². The lowest BCUT2D eigenvalue weighted by Gasteiger charge is -2.40. The first kappa shape index (κ1) is 18.2. The van der Waals surface area contributed by atoms with E-state index in [4.69, 9.17) is 4.98 Å². The van der Waals surface area contributed by atoms with E-state index in [9.17, 15) is 4.79 Å². The van der Waals surface area contributed by atoms with Crippen molar-refractivity contribution in [3.05, 3.63) is 63.9 Å². The Morgan fingerprint density at radius 1 is 1.28 bits per heavy atom. The van der Waals surface area contributed by atoms with Crippen molar-refractivity contribution >= 4 is 0 Å². The van der Waals surface area contributed by atoms with E-state index in [1.54, 1.807) is 12.4 Å². The minimum absolute atomic E-state index is 0.00297. The first-order valence-electron chi connectivity index (χ1n) is 10.3. The number of hydrogen-bond acceptors (Lipinski definition) is 5. The molecule has 1 saturated heterocycles. The number of hydrogen-bond donors (Lipinski definition) is 1. The smallest absolute Gasteiger partial charge is 0.254 e. The molecule has 0 radical (unpaired) electrons. The third-order valence-electron chi connectivity index (χ3n) is 6.51. The lowest BCUT2D eigenvalue weighted by Crippen LogP contribution is -2.45. The predicted octanol–water partition coefficient (Wildman–Crippen LogP) is 2.35. The fourth-order valence-corrected chi connectivity index (χ4v) is 4.99. The van der Waals surface area contributed by atoms with E-state index in [1.807, 2.05) is 26.1 Å². The Morgan fingerprint density at radius 2 is 2.17 bits per heavy atom. The molecule has 1 aliphatic heterocycles. The average molecular weight is 390 g/mol. The standard InChI is InChI=1S/C22H26N6O/c1-15-24-17(12-27(15)2)13-28-10-4-7-22(14-28)8-6-18-19(22)25-20(26-21(18)29)16-5-3-9-23-11-16/h3,5,9,11-12H,4,6-8,10,13-14H2,1-2H3,(H,25,26,29). The van der Waals surface area contributed by atoms with Gasteiger partial charge in [0.1, 0.15) is 11.6 Å². The van der Waals surface area contributed by atoms with Crippen molar-refractivity contribution in [3.63, 3.8) is 0 Å². The van der Waals surface area contributed by atoms with Gasteiger partial charge in [0.15, 0.2) is 0 Å². The maximum atomic E-state index is 12.8. The summed E-state index contributed by atoms with van der Waals surface area (Å²) >= 11 is 0. The SMILES string of the molecule is Cc1nc(CN2CCCC3(CCc4c3nc(-c3cccnc3)[nH]c4=O)C2)cn1C. The summed E-state index contributed by atoms with van der Waals surface area (Å²) in [7, 11) is 2.03. The zero-order valence-electron chi connectivity index (χ0n) is 17.0. The molecule has 7 nitrogen and oxygen atoms in total. The normalized spacial score (nSPS) is 21.6. The highest BCUT2D eigenvalue weighted by Crippen LogP contribution is 2.43. The van der Waals surface area contributed by atoms with Gasteiger partial charge in [-0.2, -0.15) is 0 Å². The molecule has 1 unspecified atom stereocenters. The summed E-state index contributed by atoms with van der Waals surface area (Å²) in [6.45, 7) is 4.87. The molecular weight excluding hydrogens is 364 g/mol. The molecule has 7 heteroatoms. The van der Waals surface area contributed by atoms with Gasteiger partial charge in [0.05, 0.1) is 11.4 Å². The number of piperidine rings is 1. The van der Waals surface area contributed by atoms with Crippen molar-refractivity contribution in [1.29, 1.82) is 0 Å². The van der Waals surface area contributed by atoms with Crippen molar-refractivity contribution in [2.24, 2.45) is 7.05 Å². The second kappa shape index (κ2) is 6.91. The van der Waals surface area contributed by atoms with Crippen LogP contribution in [0.3, 0.4) is 0 Å². The van der Waals surface area contributed by atoms with Crippen LogP contribution >= 0.6 is 0 Å². The molecule has 150 valence electrons. The zero-order chi connectivity index (χ0) is 20.0. The fourth-order valence-electron chi connectivity index (χ4n) is 4.99. The van der Waals surface area contributed by atoms with E-state index in [-0.39, 0.29) is 11.0 Å². The summed E-state index contributed by atoms with van der Waals surface area (Å²) in [5.74, 6) is 1.66. The first-order chi connectivity index (χ1) is 14.0. The topological polar surface area (TPSA) is 79.7 Å². The summed E-state index contributed by atoms with van der Waals surface area (Å²) in [5, 5.41) is 0. The second-order valence-electron chi connectivity index (χ2n) is 8.47. The van der Waals surface area contributed by atoms with E-state index in [0.717, 1.165) is 73.7 Å². The van der Waals surface area contributed by atoms with Gasteiger partial charge in [-0.05, 0) is 51.3 Å². The van der Waals surface area contributed by atoms with Gasteiger partial charge >= 0.3 is 0 Å². The Balaban J connectivity index is 1.48. The van der Waals surface area contributed by atoms with Crippen molar-refractivity contribution in [2.75, 3.05) is 13.1 Å². The van der Waals surface area contributed by atoms with Crippen LogP contribution in [0.5, 0.6) is 0 Å². The molecule has 2 aliphatic rings. The van der Waals surface area contributed by atoms with Crippen LogP contribution in [0, 0.1) is 6.92 Å². The quantitative estimate of drug-likeness (QED) is 0.743. The third kappa shape index (κ3) is 3.19. The molecule has 5 rings (SSSR count). The third-order valence-corrected chi connectivity index (χ3v) is 6.51. The summed E-state index contributed by atoms with van der Waals surface area (Å²) in [5.41, 5.74) is 3.79. The molecule has 0 aromatic carbocycles. The van der Waals surface area contributed by atoms with Gasteiger partial charge < -0.3 is 9.55 Å². The first-order valence-corrected chi connectivity index (χ1v) is 10.3. The van der Waals surface area contributed by atoms with Gasteiger partial charge in [-0.25, -0.2) is 9.97 Å². The maximum Gasteiger partial charge on any atom is 0.254 e. The molecule has 4 heterocycles. The highest BCUT2D eigenvalue weighted by atomic mass is 16.1. The molecule has 1 fully saturated rings. The van der Waals surface area contributed by atoms with E-state index < -0.39 is 0 Å². The van der Waals surface area contributed by atoms with Gasteiger partial charge in [0.2, 0.25) is 0 Å². The van der Waals surface area contributed by atoms with Crippen LogP contribution in [0.1, 0.15) is 42.0 Å². The molecular formula is C22H26N6O. The number of aryl methyl sites for hydroxylation is 2. The van der Waals surface area contributed by atoms with Crippen LogP contribution in [-0.2, 0) is 25.4 Å². The number of likely N-dealkylation sites (tertiary alicyclic amines) is 1. The Labute approximate surface area is 169 Å². The second-order valence-corrected chi connectivity index (χ2v) is 8.47. The number of aromatic amines is 1. The van der Waals surface area contributed by atoms with Crippen LogP contribution in [0.4, 0.5) is 0 Å². The van der Waals surface area contributed by atoms with Gasteiger partial charge in [-0.1, -0.05) is 0 Å². The molecule has 0 saturated carbocycles. The number of pyridine rings is 1. The summed E-state index contributed by atoms with van der Waals surface area (Å²) in [4.78, 5) is 32.1. The van der Waals surface area contributed by atoms with Gasteiger partial charge in [-0.15, -0.1) is 0 Å². The molecule has 3 aromatic heterocycles. The zero-order valence-corrected chi connectivity index (χ0v) is 17.0. The van der Waals surface area contributed by atoms with Crippen molar-refractivity contribution in [2.45, 2.75) is 44.6 Å². The molecule has 29 heavy (non-hydrogen) atoms. The predicted molar refractivity (Wildman–Crippen MR) is 111 cm³/mol. The van der Waals surface area contributed by atoms with Crippen LogP contribution in [0.2, 0.25) is 0 Å². The van der Waals surface area contributed by atoms with Gasteiger partial charge in [-0.3, -0.25) is 14.7 Å². The minimum atomic E-state index is -0.0391. The van der Waals surface area contributed by atoms with E-state index in [2.05, 4.69) is 30.6 Å². The van der Waals surface area contributed by atoms with Crippen LogP contribution in [0.15, 0.2) is 35.5 Å². The lowest BCUT2D eigenvalue weighted by molar-refractivity contribution is 0.135. The number of rotatable bonds is 3. The van der Waals surface area contributed by atoms with Crippen LogP contribution in [-0.4, -0.2) is 42.5 Å². The van der Waals surface area contributed by atoms with Crippen molar-refractivity contribution in [1.82, 2.24) is 29.4 Å². The van der Waals surface area contributed by atoms with Crippen molar-refractivity contribution < 1.29 is 0 Å². The Hall–Kier alpha value is -2.80. The lowest BCUT2D eigenvalue weighted by atomic mass is 9.77. The number of nitrogens with zero attached hydrogens (tertiary/aromatic N) is 5. The summed E-state index contributed by atoms with van der Waals surface area (Å²) in [6.07, 6.45) is 9.59. The Morgan fingerprint density at radius 3 is 2.93 bits per heavy atom. The molecule has 3 aromatic rings. The van der Waals surface area contributed by atoms with Gasteiger partial charge in [0, 0.05) is 55.3 Å². The van der Waals surface area contributed by atoms with Crippen LogP contribution < -0.4 is 5.56 Å². The summed E-state index contributed by atoms with van der Waals surface area (Å²) < 4.78 is 2.07. The number of nitrogens with one attached hydrogen (secondary N) is 1. The maximum absolute atomic E-state index is 12.8. The molecule has 1 atom stereocenters. The van der Waals surface area contributed by atoms with E-state index in [0.29, 0.717) is 5.82 Å². The minimum Gasteiger partial charge on any atom is -0.338 e. The molecule has 1 spiro atoms. The molecule has 1 N–H and O–H groups in total. The largest absolute Gasteiger partial charge is 0.338 e. The highest BCUT2D eigenvalue weighted by Gasteiger charge is 2.44. The monoisotopic (exact) mass is 390 g/mol. The van der Waals surface area contributed by atoms with E-state index in [1.165, 1.54) is 0 Å². The molecule has 1 aliphatic carbocycles. The van der Waals surface area contributed by atoms with Crippen LogP contribution in [0.25, 0.3) is 11.4 Å². The Bertz CT molecular complexity index is 1080. The average Bonchev–Trinajstić information content (AvgIpc) is 3.22. The number of fused-ring (bicyclic) bond motifs is 2. The highest BCUT2D eigenvalue weighted by molar-refractivity contribution is 5.54. The summed E-state index contributed by atoms with van der Waals surface area (Å²) in [6, 6.07) is 3.81.